The molecule has 0 aromatic heterocycles. The van der Waals surface area contributed by atoms with E-state index in [9.17, 15) is 9.59 Å². The van der Waals surface area contributed by atoms with Crippen LogP contribution in [0.2, 0.25) is 0 Å². The highest BCUT2D eigenvalue weighted by molar-refractivity contribution is 5.83. The molecule has 2 saturated heterocycles. The second-order valence-corrected chi connectivity index (χ2v) is 7.61. The van der Waals surface area contributed by atoms with Crippen LogP contribution in [0.15, 0.2) is 24.3 Å². The summed E-state index contributed by atoms with van der Waals surface area (Å²) in [6.07, 6.45) is 2.61. The van der Waals surface area contributed by atoms with Crippen molar-refractivity contribution < 1.29 is 14.3 Å². The van der Waals surface area contributed by atoms with Gasteiger partial charge in [0.05, 0.1) is 18.6 Å². The fraction of sp³-hybridized carbons (Fsp3) is 0.600. The van der Waals surface area contributed by atoms with Gasteiger partial charge in [0, 0.05) is 32.1 Å². The molecule has 0 N–H and O–H groups in total. The molecule has 1 aliphatic carbocycles. The number of rotatable bonds is 3. The SMILES string of the molecule is Cc1cccc(CN2CCO[C@@H]3CN(C(=O)C4CC4)CC[C@@H]3C2=O)c1. The van der Waals surface area contributed by atoms with Gasteiger partial charge in [-0.05, 0) is 31.7 Å². The Morgan fingerprint density at radius 1 is 1.24 bits per heavy atom. The van der Waals surface area contributed by atoms with Crippen molar-refractivity contribution >= 4 is 11.8 Å². The molecule has 134 valence electrons. The highest BCUT2D eigenvalue weighted by Crippen LogP contribution is 2.33. The van der Waals surface area contributed by atoms with Gasteiger partial charge in [-0.15, -0.1) is 0 Å². The number of fused-ring (bicyclic) bond motifs is 1. The molecule has 3 aliphatic rings. The molecule has 2 aliphatic heterocycles. The monoisotopic (exact) mass is 342 g/mol. The number of ether oxygens (including phenoxy) is 1. The van der Waals surface area contributed by atoms with Crippen LogP contribution < -0.4 is 0 Å². The van der Waals surface area contributed by atoms with Gasteiger partial charge in [0.2, 0.25) is 11.8 Å². The number of amides is 2. The van der Waals surface area contributed by atoms with Gasteiger partial charge in [-0.3, -0.25) is 9.59 Å². The fourth-order valence-electron chi connectivity index (χ4n) is 4.00. The molecule has 0 radical (unpaired) electrons. The van der Waals surface area contributed by atoms with E-state index >= 15 is 0 Å². The normalized spacial score (nSPS) is 27.0. The molecule has 1 aromatic carbocycles. The molecule has 0 unspecified atom stereocenters. The second kappa shape index (κ2) is 6.79. The van der Waals surface area contributed by atoms with Crippen molar-refractivity contribution in [3.05, 3.63) is 35.4 Å². The minimum absolute atomic E-state index is 0.115. The minimum atomic E-state index is -0.147. The maximum Gasteiger partial charge on any atom is 0.228 e. The molecule has 5 heteroatoms. The lowest BCUT2D eigenvalue weighted by Gasteiger charge is -2.37. The van der Waals surface area contributed by atoms with E-state index in [-0.39, 0.29) is 29.8 Å². The molecule has 1 aromatic rings. The molecule has 2 amide bonds. The summed E-state index contributed by atoms with van der Waals surface area (Å²) < 4.78 is 5.99. The molecule has 4 rings (SSSR count). The van der Waals surface area contributed by atoms with E-state index in [0.29, 0.717) is 39.2 Å². The van der Waals surface area contributed by atoms with Crippen LogP contribution in [-0.2, 0) is 20.9 Å². The quantitative estimate of drug-likeness (QED) is 0.844. The Hall–Kier alpha value is -1.88. The summed E-state index contributed by atoms with van der Waals surface area (Å²) in [5.41, 5.74) is 2.37. The van der Waals surface area contributed by atoms with E-state index in [1.54, 1.807) is 0 Å². The first kappa shape index (κ1) is 16.6. The minimum Gasteiger partial charge on any atom is -0.374 e. The van der Waals surface area contributed by atoms with Gasteiger partial charge in [0.15, 0.2) is 0 Å². The van der Waals surface area contributed by atoms with Gasteiger partial charge < -0.3 is 14.5 Å². The lowest BCUT2D eigenvalue weighted by atomic mass is 9.92. The molecular weight excluding hydrogens is 316 g/mol. The topological polar surface area (TPSA) is 49.9 Å². The molecule has 3 fully saturated rings. The molecule has 0 bridgehead atoms. The average molecular weight is 342 g/mol. The number of nitrogens with zero attached hydrogens (tertiary/aromatic N) is 2. The Bertz CT molecular complexity index is 671. The molecule has 1 saturated carbocycles. The highest BCUT2D eigenvalue weighted by atomic mass is 16.5. The largest absolute Gasteiger partial charge is 0.374 e. The van der Waals surface area contributed by atoms with E-state index in [1.165, 1.54) is 5.56 Å². The molecular formula is C20H26N2O3. The zero-order valence-corrected chi connectivity index (χ0v) is 14.8. The van der Waals surface area contributed by atoms with Crippen LogP contribution in [0.4, 0.5) is 0 Å². The number of hydrogen-bond donors (Lipinski definition) is 0. The Balaban J connectivity index is 1.43. The summed E-state index contributed by atoms with van der Waals surface area (Å²) in [7, 11) is 0. The summed E-state index contributed by atoms with van der Waals surface area (Å²) in [4.78, 5) is 29.2. The van der Waals surface area contributed by atoms with Gasteiger partial charge >= 0.3 is 0 Å². The van der Waals surface area contributed by atoms with Crippen LogP contribution >= 0.6 is 0 Å². The standard InChI is InChI=1S/C20H26N2O3/c1-14-3-2-4-15(11-14)12-22-9-10-25-18-13-21(19(23)16-5-6-16)8-7-17(18)20(22)24/h2-4,11,16-18H,5-10,12-13H2,1H3/t17-,18+/m0/s1. The maximum absolute atomic E-state index is 13.0. The Morgan fingerprint density at radius 2 is 2.08 bits per heavy atom. The van der Waals surface area contributed by atoms with Gasteiger partial charge in [-0.1, -0.05) is 29.8 Å². The molecule has 25 heavy (non-hydrogen) atoms. The number of carbonyl (C=O) groups is 2. The smallest absolute Gasteiger partial charge is 0.228 e. The van der Waals surface area contributed by atoms with Crippen LogP contribution in [0.25, 0.3) is 0 Å². The Morgan fingerprint density at radius 3 is 2.84 bits per heavy atom. The third kappa shape index (κ3) is 3.56. The Kier molecular flexibility index (Phi) is 4.50. The number of likely N-dealkylation sites (tertiary alicyclic amines) is 1. The zero-order valence-electron chi connectivity index (χ0n) is 14.8. The van der Waals surface area contributed by atoms with Crippen molar-refractivity contribution in [1.82, 2.24) is 9.80 Å². The number of aryl methyl sites for hydroxylation is 1. The van der Waals surface area contributed by atoms with Crippen molar-refractivity contribution in [1.29, 1.82) is 0 Å². The summed E-state index contributed by atoms with van der Waals surface area (Å²) in [6, 6.07) is 8.31. The third-order valence-corrected chi connectivity index (χ3v) is 5.58. The van der Waals surface area contributed by atoms with Crippen molar-refractivity contribution in [2.45, 2.75) is 38.8 Å². The summed E-state index contributed by atoms with van der Waals surface area (Å²) >= 11 is 0. The number of hydrogen-bond acceptors (Lipinski definition) is 3. The number of carbonyl (C=O) groups excluding carboxylic acids is 2. The first-order valence-electron chi connectivity index (χ1n) is 9.36. The summed E-state index contributed by atoms with van der Waals surface area (Å²) in [5.74, 6) is 0.560. The van der Waals surface area contributed by atoms with Crippen LogP contribution in [-0.4, -0.2) is 54.0 Å². The van der Waals surface area contributed by atoms with E-state index < -0.39 is 0 Å². The summed E-state index contributed by atoms with van der Waals surface area (Å²) in [6.45, 7) is 5.13. The van der Waals surface area contributed by atoms with Crippen molar-refractivity contribution in [3.63, 3.8) is 0 Å². The molecule has 5 nitrogen and oxygen atoms in total. The third-order valence-electron chi connectivity index (χ3n) is 5.58. The van der Waals surface area contributed by atoms with Crippen molar-refractivity contribution in [2.75, 3.05) is 26.2 Å². The summed E-state index contributed by atoms with van der Waals surface area (Å²) in [5, 5.41) is 0. The van der Waals surface area contributed by atoms with Crippen LogP contribution in [0.5, 0.6) is 0 Å². The second-order valence-electron chi connectivity index (χ2n) is 7.61. The number of piperidine rings is 1. The first-order chi connectivity index (χ1) is 12.1. The van der Waals surface area contributed by atoms with E-state index in [0.717, 1.165) is 18.4 Å². The van der Waals surface area contributed by atoms with Crippen molar-refractivity contribution in [2.24, 2.45) is 11.8 Å². The van der Waals surface area contributed by atoms with Gasteiger partial charge in [-0.2, -0.15) is 0 Å². The van der Waals surface area contributed by atoms with Crippen LogP contribution in [0.3, 0.4) is 0 Å². The first-order valence-corrected chi connectivity index (χ1v) is 9.36. The predicted molar refractivity (Wildman–Crippen MR) is 93.7 cm³/mol. The van der Waals surface area contributed by atoms with E-state index in [1.807, 2.05) is 15.9 Å². The highest BCUT2D eigenvalue weighted by Gasteiger charge is 2.42. The maximum atomic E-state index is 13.0. The Labute approximate surface area is 148 Å². The van der Waals surface area contributed by atoms with Crippen LogP contribution in [0.1, 0.15) is 30.4 Å². The predicted octanol–water partition coefficient (Wildman–Crippen LogP) is 1.98. The lowest BCUT2D eigenvalue weighted by molar-refractivity contribution is -0.146. The molecule has 2 atom stereocenters. The van der Waals surface area contributed by atoms with Crippen molar-refractivity contribution in [3.8, 4) is 0 Å². The van der Waals surface area contributed by atoms with Gasteiger partial charge in [0.25, 0.3) is 0 Å². The van der Waals surface area contributed by atoms with Gasteiger partial charge in [-0.25, -0.2) is 0 Å². The fourth-order valence-corrected chi connectivity index (χ4v) is 4.00. The zero-order chi connectivity index (χ0) is 17.4. The van der Waals surface area contributed by atoms with Crippen LogP contribution in [0, 0.1) is 18.8 Å². The number of benzene rings is 1. The van der Waals surface area contributed by atoms with Gasteiger partial charge in [0.1, 0.15) is 0 Å². The average Bonchev–Trinajstić information content (AvgIpc) is 3.45. The lowest BCUT2D eigenvalue weighted by Crippen LogP contribution is -2.51. The molecule has 0 spiro atoms. The molecule has 2 heterocycles. The van der Waals surface area contributed by atoms with E-state index in [4.69, 9.17) is 4.74 Å². The van der Waals surface area contributed by atoms with E-state index in [2.05, 4.69) is 25.1 Å².